The van der Waals surface area contributed by atoms with Gasteiger partial charge < -0.3 is 4.74 Å². The zero-order chi connectivity index (χ0) is 10.7. The minimum Gasteiger partial charge on any atom is -0.456 e. The van der Waals surface area contributed by atoms with Gasteiger partial charge in [0.1, 0.15) is 11.5 Å². The van der Waals surface area contributed by atoms with Crippen LogP contribution in [0.2, 0.25) is 0 Å². The molecule has 0 aliphatic heterocycles. The monoisotopic (exact) mass is 262 g/mol. The van der Waals surface area contributed by atoms with E-state index in [2.05, 4.69) is 22.9 Å². The van der Waals surface area contributed by atoms with Crippen LogP contribution in [0, 0.1) is 6.92 Å². The summed E-state index contributed by atoms with van der Waals surface area (Å²) in [5, 5.41) is 0. The van der Waals surface area contributed by atoms with Crippen molar-refractivity contribution >= 4 is 15.9 Å². The van der Waals surface area contributed by atoms with Gasteiger partial charge in [0, 0.05) is 0 Å². The number of ether oxygens (including phenoxy) is 1. The molecule has 0 aromatic heterocycles. The van der Waals surface area contributed by atoms with E-state index >= 15 is 0 Å². The van der Waals surface area contributed by atoms with Crippen molar-refractivity contribution in [3.05, 3.63) is 58.6 Å². The van der Waals surface area contributed by atoms with Crippen LogP contribution < -0.4 is 4.74 Å². The van der Waals surface area contributed by atoms with E-state index in [4.69, 9.17) is 4.74 Å². The molecular formula is C13H11BrO. The summed E-state index contributed by atoms with van der Waals surface area (Å²) in [5.41, 5.74) is 1.23. The van der Waals surface area contributed by atoms with Gasteiger partial charge in [0.25, 0.3) is 0 Å². The minimum absolute atomic E-state index is 0.835. The summed E-state index contributed by atoms with van der Waals surface area (Å²) in [4.78, 5) is 0. The molecule has 0 aliphatic rings. The number of hydrogen-bond acceptors (Lipinski definition) is 1. The molecule has 0 aliphatic carbocycles. The molecule has 2 aromatic carbocycles. The number of rotatable bonds is 2. The van der Waals surface area contributed by atoms with E-state index in [0.29, 0.717) is 0 Å². The van der Waals surface area contributed by atoms with Crippen LogP contribution in [0.25, 0.3) is 0 Å². The summed E-state index contributed by atoms with van der Waals surface area (Å²) in [7, 11) is 0. The lowest BCUT2D eigenvalue weighted by Gasteiger charge is -2.07. The second-order valence-corrected chi connectivity index (χ2v) is 4.20. The van der Waals surface area contributed by atoms with Gasteiger partial charge in [-0.3, -0.25) is 0 Å². The average Bonchev–Trinajstić information content (AvgIpc) is 2.25. The topological polar surface area (TPSA) is 9.23 Å². The molecular weight excluding hydrogens is 252 g/mol. The Kier molecular flexibility index (Phi) is 3.07. The summed E-state index contributed by atoms with van der Waals surface area (Å²) >= 11 is 3.44. The van der Waals surface area contributed by atoms with Crippen molar-refractivity contribution < 1.29 is 4.74 Å². The zero-order valence-electron chi connectivity index (χ0n) is 8.41. The third-order valence-corrected chi connectivity index (χ3v) is 2.74. The molecule has 0 saturated heterocycles. The van der Waals surface area contributed by atoms with E-state index in [1.165, 1.54) is 5.56 Å². The highest BCUT2D eigenvalue weighted by Gasteiger charge is 2.00. The van der Waals surface area contributed by atoms with Crippen molar-refractivity contribution in [1.29, 1.82) is 0 Å². The van der Waals surface area contributed by atoms with Crippen molar-refractivity contribution in [3.8, 4) is 11.5 Å². The normalized spacial score (nSPS) is 10.0. The molecule has 1 nitrogen and oxygen atoms in total. The first kappa shape index (κ1) is 10.2. The van der Waals surface area contributed by atoms with Gasteiger partial charge in [-0.15, -0.1) is 0 Å². The molecule has 0 atom stereocenters. The predicted octanol–water partition coefficient (Wildman–Crippen LogP) is 4.55. The molecule has 0 saturated carbocycles. The maximum atomic E-state index is 5.72. The molecule has 0 bridgehead atoms. The minimum atomic E-state index is 0.835. The number of aryl methyl sites for hydroxylation is 1. The van der Waals surface area contributed by atoms with Gasteiger partial charge in [0.2, 0.25) is 0 Å². The molecule has 2 aromatic rings. The third-order valence-electron chi connectivity index (χ3n) is 2.09. The molecule has 0 spiro atoms. The first-order chi connectivity index (χ1) is 7.25. The zero-order valence-corrected chi connectivity index (χ0v) is 9.99. The Morgan fingerprint density at radius 1 is 0.933 bits per heavy atom. The lowest BCUT2D eigenvalue weighted by molar-refractivity contribution is 0.479. The standard InChI is InChI=1S/C13H11BrO/c1-10-6-8-11(9-7-10)15-13-5-3-2-4-12(13)14/h2-9H,1H3. The summed E-state index contributed by atoms with van der Waals surface area (Å²) in [6, 6.07) is 15.8. The van der Waals surface area contributed by atoms with Gasteiger partial charge in [0.05, 0.1) is 4.47 Å². The van der Waals surface area contributed by atoms with E-state index in [-0.39, 0.29) is 0 Å². The number of benzene rings is 2. The van der Waals surface area contributed by atoms with Crippen molar-refractivity contribution in [3.63, 3.8) is 0 Å². The number of para-hydroxylation sites is 1. The van der Waals surface area contributed by atoms with Crippen LogP contribution in [0.15, 0.2) is 53.0 Å². The highest BCUT2D eigenvalue weighted by Crippen LogP contribution is 2.28. The fourth-order valence-corrected chi connectivity index (χ4v) is 1.63. The lowest BCUT2D eigenvalue weighted by Crippen LogP contribution is -1.84. The SMILES string of the molecule is Cc1ccc(Oc2ccccc2Br)cc1. The maximum absolute atomic E-state index is 5.72. The fourth-order valence-electron chi connectivity index (χ4n) is 1.26. The van der Waals surface area contributed by atoms with Gasteiger partial charge in [-0.2, -0.15) is 0 Å². The lowest BCUT2D eigenvalue weighted by atomic mass is 10.2. The average molecular weight is 263 g/mol. The molecule has 0 radical (unpaired) electrons. The van der Waals surface area contributed by atoms with Gasteiger partial charge in [0.15, 0.2) is 0 Å². The van der Waals surface area contributed by atoms with Crippen molar-refractivity contribution in [1.82, 2.24) is 0 Å². The van der Waals surface area contributed by atoms with Crippen LogP contribution in [0.5, 0.6) is 11.5 Å². The van der Waals surface area contributed by atoms with Crippen LogP contribution >= 0.6 is 15.9 Å². The van der Waals surface area contributed by atoms with E-state index in [1.807, 2.05) is 48.5 Å². The van der Waals surface area contributed by atoms with Gasteiger partial charge in [-0.05, 0) is 47.1 Å². The Hall–Kier alpha value is -1.28. The second kappa shape index (κ2) is 4.49. The summed E-state index contributed by atoms with van der Waals surface area (Å²) in [6.45, 7) is 2.06. The summed E-state index contributed by atoms with van der Waals surface area (Å²) in [6.07, 6.45) is 0. The Balaban J connectivity index is 2.22. The molecule has 2 heteroatoms. The van der Waals surface area contributed by atoms with Crippen LogP contribution in [0.1, 0.15) is 5.56 Å². The summed E-state index contributed by atoms with van der Waals surface area (Å²) in [5.74, 6) is 1.69. The van der Waals surface area contributed by atoms with Crippen molar-refractivity contribution in [2.75, 3.05) is 0 Å². The van der Waals surface area contributed by atoms with Gasteiger partial charge in [-0.25, -0.2) is 0 Å². The Labute approximate surface area is 97.8 Å². The maximum Gasteiger partial charge on any atom is 0.141 e. The molecule has 0 N–H and O–H groups in total. The summed E-state index contributed by atoms with van der Waals surface area (Å²) < 4.78 is 6.68. The first-order valence-electron chi connectivity index (χ1n) is 4.75. The highest BCUT2D eigenvalue weighted by molar-refractivity contribution is 9.10. The number of hydrogen-bond donors (Lipinski definition) is 0. The number of halogens is 1. The van der Waals surface area contributed by atoms with E-state index in [9.17, 15) is 0 Å². The second-order valence-electron chi connectivity index (χ2n) is 3.35. The van der Waals surface area contributed by atoms with E-state index in [0.717, 1.165) is 16.0 Å². The van der Waals surface area contributed by atoms with Crippen LogP contribution in [-0.4, -0.2) is 0 Å². The molecule has 0 fully saturated rings. The first-order valence-corrected chi connectivity index (χ1v) is 5.54. The molecule has 0 amide bonds. The largest absolute Gasteiger partial charge is 0.456 e. The van der Waals surface area contributed by atoms with Gasteiger partial charge in [-0.1, -0.05) is 29.8 Å². The van der Waals surface area contributed by atoms with Crippen LogP contribution in [-0.2, 0) is 0 Å². The van der Waals surface area contributed by atoms with E-state index < -0.39 is 0 Å². The molecule has 2 rings (SSSR count). The van der Waals surface area contributed by atoms with Crippen LogP contribution in [0.4, 0.5) is 0 Å². The van der Waals surface area contributed by atoms with Crippen molar-refractivity contribution in [2.24, 2.45) is 0 Å². The Morgan fingerprint density at radius 2 is 1.60 bits per heavy atom. The fraction of sp³-hybridized carbons (Fsp3) is 0.0769. The molecule has 76 valence electrons. The highest BCUT2D eigenvalue weighted by atomic mass is 79.9. The van der Waals surface area contributed by atoms with Gasteiger partial charge >= 0.3 is 0 Å². The van der Waals surface area contributed by atoms with Crippen molar-refractivity contribution in [2.45, 2.75) is 6.92 Å². The Bertz CT molecular complexity index is 448. The molecule has 15 heavy (non-hydrogen) atoms. The molecule has 0 unspecified atom stereocenters. The van der Waals surface area contributed by atoms with Crippen LogP contribution in [0.3, 0.4) is 0 Å². The third kappa shape index (κ3) is 2.60. The van der Waals surface area contributed by atoms with E-state index in [1.54, 1.807) is 0 Å². The molecule has 0 heterocycles. The quantitative estimate of drug-likeness (QED) is 0.772. The Morgan fingerprint density at radius 3 is 2.27 bits per heavy atom. The smallest absolute Gasteiger partial charge is 0.141 e. The predicted molar refractivity (Wildman–Crippen MR) is 65.4 cm³/mol.